The number of nitrogens with one attached hydrogen (secondary N) is 2. The monoisotopic (exact) mass is 242 g/mol. The van der Waals surface area contributed by atoms with E-state index in [2.05, 4.69) is 15.6 Å². The molecule has 1 aromatic carbocycles. The van der Waals surface area contributed by atoms with E-state index in [1.807, 2.05) is 30.3 Å². The molecule has 18 heavy (non-hydrogen) atoms. The number of nitriles is 1. The van der Waals surface area contributed by atoms with Gasteiger partial charge in [0.1, 0.15) is 12.3 Å². The first-order valence-electron chi connectivity index (χ1n) is 5.85. The molecule has 2 rings (SSSR count). The number of hydrogen-bond acceptors (Lipinski definition) is 4. The van der Waals surface area contributed by atoms with E-state index in [4.69, 9.17) is 5.26 Å². The SMILES string of the molecule is N#CCC(=O)Nc1ccc(C2=NCCCN2)cc1. The van der Waals surface area contributed by atoms with E-state index in [0.717, 1.165) is 30.9 Å². The van der Waals surface area contributed by atoms with Crippen LogP contribution in [-0.4, -0.2) is 24.8 Å². The van der Waals surface area contributed by atoms with Crippen LogP contribution in [0.15, 0.2) is 29.3 Å². The first-order chi connectivity index (χ1) is 8.79. The molecule has 5 heteroatoms. The molecular weight excluding hydrogens is 228 g/mol. The van der Waals surface area contributed by atoms with Gasteiger partial charge in [-0.15, -0.1) is 0 Å². The van der Waals surface area contributed by atoms with Gasteiger partial charge < -0.3 is 10.6 Å². The van der Waals surface area contributed by atoms with Gasteiger partial charge in [-0.3, -0.25) is 9.79 Å². The highest BCUT2D eigenvalue weighted by molar-refractivity contribution is 6.00. The smallest absolute Gasteiger partial charge is 0.238 e. The van der Waals surface area contributed by atoms with Crippen molar-refractivity contribution in [1.82, 2.24) is 5.32 Å². The Morgan fingerprint density at radius 1 is 1.44 bits per heavy atom. The van der Waals surface area contributed by atoms with Crippen molar-refractivity contribution >= 4 is 17.4 Å². The normalized spacial score (nSPS) is 14.1. The predicted octanol–water partition coefficient (Wildman–Crippen LogP) is 1.28. The topological polar surface area (TPSA) is 77.3 Å². The predicted molar refractivity (Wildman–Crippen MR) is 69.3 cm³/mol. The Labute approximate surface area is 106 Å². The molecule has 0 atom stereocenters. The minimum atomic E-state index is -0.293. The van der Waals surface area contributed by atoms with E-state index in [1.165, 1.54) is 0 Å². The summed E-state index contributed by atoms with van der Waals surface area (Å²) in [5.74, 6) is 0.606. The Morgan fingerprint density at radius 3 is 2.83 bits per heavy atom. The van der Waals surface area contributed by atoms with Crippen LogP contribution in [0.2, 0.25) is 0 Å². The van der Waals surface area contributed by atoms with Crippen LogP contribution in [-0.2, 0) is 4.79 Å². The lowest BCUT2D eigenvalue weighted by molar-refractivity contribution is -0.115. The quantitative estimate of drug-likeness (QED) is 0.838. The number of carbonyl (C=O) groups is 1. The van der Waals surface area contributed by atoms with E-state index < -0.39 is 0 Å². The number of anilines is 1. The van der Waals surface area contributed by atoms with Crippen LogP contribution >= 0.6 is 0 Å². The number of benzene rings is 1. The number of hydrogen-bond donors (Lipinski definition) is 2. The number of rotatable bonds is 3. The fourth-order valence-electron chi connectivity index (χ4n) is 1.71. The molecule has 0 aliphatic carbocycles. The van der Waals surface area contributed by atoms with Crippen LogP contribution in [0.5, 0.6) is 0 Å². The van der Waals surface area contributed by atoms with Crippen LogP contribution in [0.25, 0.3) is 0 Å². The summed E-state index contributed by atoms with van der Waals surface area (Å²) in [6.45, 7) is 1.79. The Kier molecular flexibility index (Phi) is 3.92. The highest BCUT2D eigenvalue weighted by Crippen LogP contribution is 2.11. The Bertz CT molecular complexity index is 499. The maximum atomic E-state index is 11.2. The highest BCUT2D eigenvalue weighted by atomic mass is 16.1. The number of amides is 1. The lowest BCUT2D eigenvalue weighted by Crippen LogP contribution is -2.30. The van der Waals surface area contributed by atoms with Crippen LogP contribution < -0.4 is 10.6 Å². The summed E-state index contributed by atoms with van der Waals surface area (Å²) in [6.07, 6.45) is 0.932. The standard InChI is InChI=1S/C13H14N4O/c14-7-6-12(18)17-11-4-2-10(3-5-11)13-15-8-1-9-16-13/h2-5H,1,6,8-9H2,(H,15,16)(H,17,18). The van der Waals surface area contributed by atoms with Crippen molar-refractivity contribution < 1.29 is 4.79 Å². The largest absolute Gasteiger partial charge is 0.370 e. The molecule has 5 nitrogen and oxygen atoms in total. The summed E-state index contributed by atoms with van der Waals surface area (Å²) < 4.78 is 0. The van der Waals surface area contributed by atoms with Gasteiger partial charge in [-0.2, -0.15) is 5.26 Å². The van der Waals surface area contributed by atoms with Gasteiger partial charge >= 0.3 is 0 Å². The minimum Gasteiger partial charge on any atom is -0.370 e. The second-order valence-electron chi connectivity index (χ2n) is 3.97. The van der Waals surface area contributed by atoms with Gasteiger partial charge in [0.05, 0.1) is 6.07 Å². The van der Waals surface area contributed by atoms with Crippen molar-refractivity contribution in [2.24, 2.45) is 4.99 Å². The number of nitrogens with zero attached hydrogens (tertiary/aromatic N) is 2. The van der Waals surface area contributed by atoms with Crippen LogP contribution in [0, 0.1) is 11.3 Å². The average molecular weight is 242 g/mol. The molecular formula is C13H14N4O. The van der Waals surface area contributed by atoms with Crippen molar-refractivity contribution in [3.8, 4) is 6.07 Å². The molecule has 92 valence electrons. The Morgan fingerprint density at radius 2 is 2.22 bits per heavy atom. The van der Waals surface area contributed by atoms with Gasteiger partial charge in [0.2, 0.25) is 5.91 Å². The zero-order valence-electron chi connectivity index (χ0n) is 9.94. The first-order valence-corrected chi connectivity index (χ1v) is 5.85. The Balaban J connectivity index is 2.03. The van der Waals surface area contributed by atoms with Crippen LogP contribution in [0.4, 0.5) is 5.69 Å². The van der Waals surface area contributed by atoms with Gasteiger partial charge in [0.15, 0.2) is 0 Å². The zero-order valence-corrected chi connectivity index (χ0v) is 9.94. The van der Waals surface area contributed by atoms with Crippen molar-refractivity contribution in [3.05, 3.63) is 29.8 Å². The summed E-state index contributed by atoms with van der Waals surface area (Å²) in [5, 5.41) is 14.3. The van der Waals surface area contributed by atoms with Crippen molar-refractivity contribution in [3.63, 3.8) is 0 Å². The molecule has 0 unspecified atom stereocenters. The van der Waals surface area contributed by atoms with Gasteiger partial charge in [-0.25, -0.2) is 0 Å². The van der Waals surface area contributed by atoms with Gasteiger partial charge in [0, 0.05) is 24.3 Å². The summed E-state index contributed by atoms with van der Waals surface area (Å²) >= 11 is 0. The molecule has 1 aliphatic rings. The molecule has 0 saturated heterocycles. The Hall–Kier alpha value is -2.35. The minimum absolute atomic E-state index is 0.129. The highest BCUT2D eigenvalue weighted by Gasteiger charge is 2.07. The number of aliphatic imine (C=N–C) groups is 1. The van der Waals surface area contributed by atoms with Crippen LogP contribution in [0.3, 0.4) is 0 Å². The molecule has 1 heterocycles. The van der Waals surface area contributed by atoms with E-state index >= 15 is 0 Å². The third-order valence-electron chi connectivity index (χ3n) is 2.58. The van der Waals surface area contributed by atoms with Gasteiger partial charge in [-0.1, -0.05) is 0 Å². The molecule has 0 bridgehead atoms. The fourth-order valence-corrected chi connectivity index (χ4v) is 1.71. The van der Waals surface area contributed by atoms with Gasteiger partial charge in [0.25, 0.3) is 0 Å². The first kappa shape index (κ1) is 12.1. The van der Waals surface area contributed by atoms with Gasteiger partial charge in [-0.05, 0) is 30.7 Å². The fraction of sp³-hybridized carbons (Fsp3) is 0.308. The molecule has 2 N–H and O–H groups in total. The molecule has 1 amide bonds. The van der Waals surface area contributed by atoms with Crippen molar-refractivity contribution in [1.29, 1.82) is 5.26 Å². The second-order valence-corrected chi connectivity index (χ2v) is 3.97. The number of carbonyl (C=O) groups excluding carboxylic acids is 1. The zero-order chi connectivity index (χ0) is 12.8. The summed E-state index contributed by atoms with van der Waals surface area (Å²) in [7, 11) is 0. The molecule has 1 aliphatic heterocycles. The van der Waals surface area contributed by atoms with E-state index in [-0.39, 0.29) is 12.3 Å². The molecule has 0 saturated carbocycles. The molecule has 0 radical (unpaired) electrons. The van der Waals surface area contributed by atoms with Crippen molar-refractivity contribution in [2.45, 2.75) is 12.8 Å². The van der Waals surface area contributed by atoms with E-state index in [9.17, 15) is 4.79 Å². The summed E-state index contributed by atoms with van der Waals surface area (Å²) in [4.78, 5) is 15.6. The lowest BCUT2D eigenvalue weighted by atomic mass is 10.1. The third kappa shape index (κ3) is 3.08. The van der Waals surface area contributed by atoms with Crippen LogP contribution in [0.1, 0.15) is 18.4 Å². The lowest BCUT2D eigenvalue weighted by Gasteiger charge is -2.14. The van der Waals surface area contributed by atoms with E-state index in [1.54, 1.807) is 0 Å². The van der Waals surface area contributed by atoms with E-state index in [0.29, 0.717) is 5.69 Å². The molecule has 0 fully saturated rings. The maximum Gasteiger partial charge on any atom is 0.238 e. The number of amidine groups is 1. The average Bonchev–Trinajstić information content (AvgIpc) is 2.41. The second kappa shape index (κ2) is 5.82. The molecule has 1 aromatic rings. The summed E-state index contributed by atoms with van der Waals surface area (Å²) in [6, 6.07) is 9.23. The molecule has 0 aromatic heterocycles. The molecule has 0 spiro atoms. The third-order valence-corrected chi connectivity index (χ3v) is 2.58. The van der Waals surface area contributed by atoms with Crippen molar-refractivity contribution in [2.75, 3.05) is 18.4 Å². The summed E-state index contributed by atoms with van der Waals surface area (Å²) in [5.41, 5.74) is 1.70. The maximum absolute atomic E-state index is 11.2.